The van der Waals surface area contributed by atoms with E-state index in [0.29, 0.717) is 16.8 Å². The van der Waals surface area contributed by atoms with Gasteiger partial charge in [-0.05, 0) is 29.8 Å². The van der Waals surface area contributed by atoms with Crippen LogP contribution >= 0.6 is 0 Å². The fourth-order valence-electron chi connectivity index (χ4n) is 1.71. The highest BCUT2D eigenvalue weighted by Gasteiger charge is 2.00. The van der Waals surface area contributed by atoms with E-state index in [2.05, 4.69) is 5.32 Å². The molecule has 2 aromatic carbocycles. The number of benzene rings is 2. The monoisotopic (exact) mass is 271 g/mol. The van der Waals surface area contributed by atoms with Gasteiger partial charge in [-0.3, -0.25) is 4.79 Å². The maximum absolute atomic E-state index is 13.4. The van der Waals surface area contributed by atoms with Crippen LogP contribution in [-0.2, 0) is 11.4 Å². The smallest absolute Gasteiger partial charge is 0.248 e. The minimum Gasteiger partial charge on any atom is -0.392 e. The zero-order chi connectivity index (χ0) is 14.4. The van der Waals surface area contributed by atoms with Gasteiger partial charge in [0.25, 0.3) is 0 Å². The summed E-state index contributed by atoms with van der Waals surface area (Å²) in [5.41, 5.74) is 1.65. The molecule has 1 amide bonds. The summed E-state index contributed by atoms with van der Waals surface area (Å²) in [6, 6.07) is 13.1. The molecule has 0 atom stereocenters. The Labute approximate surface area is 116 Å². The number of amides is 1. The maximum Gasteiger partial charge on any atom is 0.248 e. The van der Waals surface area contributed by atoms with Crippen LogP contribution in [0, 0.1) is 5.82 Å². The number of halogens is 1. The molecule has 0 bridgehead atoms. The number of aliphatic hydroxyl groups is 1. The van der Waals surface area contributed by atoms with Gasteiger partial charge < -0.3 is 10.4 Å². The van der Waals surface area contributed by atoms with Gasteiger partial charge in [-0.1, -0.05) is 30.3 Å². The number of carbonyl (C=O) groups excluding carboxylic acids is 1. The zero-order valence-electron chi connectivity index (χ0n) is 10.7. The summed E-state index contributed by atoms with van der Waals surface area (Å²) in [7, 11) is 0. The summed E-state index contributed by atoms with van der Waals surface area (Å²) < 4.78 is 13.4. The molecule has 0 aromatic heterocycles. The maximum atomic E-state index is 13.4. The van der Waals surface area contributed by atoms with Crippen molar-refractivity contribution >= 4 is 17.7 Å². The number of hydrogen-bond acceptors (Lipinski definition) is 2. The number of nitrogens with one attached hydrogen (secondary N) is 1. The topological polar surface area (TPSA) is 49.3 Å². The predicted octanol–water partition coefficient (Wildman–Crippen LogP) is 2.97. The van der Waals surface area contributed by atoms with Crippen molar-refractivity contribution in [3.63, 3.8) is 0 Å². The van der Waals surface area contributed by atoms with Gasteiger partial charge in [0, 0.05) is 17.3 Å². The molecule has 0 fully saturated rings. The summed E-state index contributed by atoms with van der Waals surface area (Å²) in [6.07, 6.45) is 2.69. The van der Waals surface area contributed by atoms with Gasteiger partial charge in [0.1, 0.15) is 5.82 Å². The second-order valence-corrected chi connectivity index (χ2v) is 4.20. The molecule has 2 N–H and O–H groups in total. The first-order valence-electron chi connectivity index (χ1n) is 6.12. The van der Waals surface area contributed by atoms with Gasteiger partial charge in [0.05, 0.1) is 6.61 Å². The average Bonchev–Trinajstić information content (AvgIpc) is 2.46. The molecule has 0 saturated heterocycles. The molecular weight excluding hydrogens is 257 g/mol. The van der Waals surface area contributed by atoms with Crippen LogP contribution in [0.5, 0.6) is 0 Å². The van der Waals surface area contributed by atoms with Crippen LogP contribution < -0.4 is 5.32 Å². The molecule has 0 heterocycles. The molecule has 20 heavy (non-hydrogen) atoms. The minimum absolute atomic E-state index is 0.0885. The number of hydrogen-bond donors (Lipinski definition) is 2. The number of rotatable bonds is 4. The minimum atomic E-state index is -0.376. The van der Waals surface area contributed by atoms with Crippen LogP contribution in [-0.4, -0.2) is 11.0 Å². The van der Waals surface area contributed by atoms with Gasteiger partial charge in [-0.25, -0.2) is 4.39 Å². The first-order chi connectivity index (χ1) is 9.69. The summed E-state index contributed by atoms with van der Waals surface area (Å²) in [5.74, 6) is -0.734. The average molecular weight is 271 g/mol. The van der Waals surface area contributed by atoms with E-state index in [9.17, 15) is 9.18 Å². The molecule has 3 nitrogen and oxygen atoms in total. The first kappa shape index (κ1) is 14.0. The molecule has 0 aliphatic heterocycles. The van der Waals surface area contributed by atoms with Crippen LogP contribution in [0.2, 0.25) is 0 Å². The lowest BCUT2D eigenvalue weighted by atomic mass is 10.2. The molecule has 0 unspecified atom stereocenters. The van der Waals surface area contributed by atoms with E-state index in [0.717, 1.165) is 0 Å². The third-order valence-corrected chi connectivity index (χ3v) is 2.70. The Morgan fingerprint density at radius 1 is 1.20 bits per heavy atom. The molecule has 0 aliphatic carbocycles. The number of aliphatic hydroxyl groups excluding tert-OH is 1. The van der Waals surface area contributed by atoms with E-state index in [1.165, 1.54) is 18.2 Å². The molecule has 4 heteroatoms. The molecule has 0 aliphatic rings. The van der Waals surface area contributed by atoms with E-state index in [4.69, 9.17) is 5.11 Å². The largest absolute Gasteiger partial charge is 0.392 e. The van der Waals surface area contributed by atoms with Crippen LogP contribution in [0.15, 0.2) is 54.6 Å². The van der Waals surface area contributed by atoms with Gasteiger partial charge in [-0.15, -0.1) is 0 Å². The third kappa shape index (κ3) is 3.76. The van der Waals surface area contributed by atoms with Crippen molar-refractivity contribution in [3.8, 4) is 0 Å². The normalized spacial score (nSPS) is 10.7. The van der Waals surface area contributed by atoms with Crippen molar-refractivity contribution in [2.75, 3.05) is 5.32 Å². The highest BCUT2D eigenvalue weighted by Crippen LogP contribution is 2.11. The van der Waals surface area contributed by atoms with Crippen molar-refractivity contribution in [3.05, 3.63) is 71.6 Å². The standard InChI is InChI=1S/C16H14FNO2/c17-15-7-2-1-5-13(15)8-9-16(20)18-14-6-3-4-12(10-14)11-19/h1-10,19H,11H2,(H,18,20)/b9-8+. The van der Waals surface area contributed by atoms with E-state index < -0.39 is 0 Å². The van der Waals surface area contributed by atoms with Crippen LogP contribution in [0.1, 0.15) is 11.1 Å². The fraction of sp³-hybridized carbons (Fsp3) is 0.0625. The Bertz CT molecular complexity index is 638. The van der Waals surface area contributed by atoms with Crippen molar-refractivity contribution in [2.24, 2.45) is 0 Å². The Morgan fingerprint density at radius 2 is 2.00 bits per heavy atom. The molecule has 0 radical (unpaired) electrons. The first-order valence-corrected chi connectivity index (χ1v) is 6.12. The van der Waals surface area contributed by atoms with E-state index in [1.807, 2.05) is 0 Å². The lowest BCUT2D eigenvalue weighted by Crippen LogP contribution is -2.07. The van der Waals surface area contributed by atoms with Crippen molar-refractivity contribution in [1.29, 1.82) is 0 Å². The SMILES string of the molecule is O=C(/C=C/c1ccccc1F)Nc1cccc(CO)c1. The highest BCUT2D eigenvalue weighted by atomic mass is 19.1. The molecular formula is C16H14FNO2. The molecule has 2 rings (SSSR count). The van der Waals surface area contributed by atoms with E-state index in [1.54, 1.807) is 42.5 Å². The Balaban J connectivity index is 2.04. The van der Waals surface area contributed by atoms with Gasteiger partial charge in [0.15, 0.2) is 0 Å². The quantitative estimate of drug-likeness (QED) is 0.840. The van der Waals surface area contributed by atoms with Crippen LogP contribution in [0.4, 0.5) is 10.1 Å². The zero-order valence-corrected chi connectivity index (χ0v) is 10.7. The van der Waals surface area contributed by atoms with E-state index in [-0.39, 0.29) is 18.3 Å². The fourth-order valence-corrected chi connectivity index (χ4v) is 1.71. The second-order valence-electron chi connectivity index (χ2n) is 4.20. The van der Waals surface area contributed by atoms with E-state index >= 15 is 0 Å². The number of carbonyl (C=O) groups is 1. The Morgan fingerprint density at radius 3 is 2.75 bits per heavy atom. The summed E-state index contributed by atoms with van der Waals surface area (Å²) in [5, 5.41) is 11.7. The lowest BCUT2D eigenvalue weighted by molar-refractivity contribution is -0.111. The molecule has 2 aromatic rings. The van der Waals surface area contributed by atoms with Crippen LogP contribution in [0.25, 0.3) is 6.08 Å². The van der Waals surface area contributed by atoms with Crippen molar-refractivity contribution in [2.45, 2.75) is 6.61 Å². The molecule has 102 valence electrons. The summed E-state index contributed by atoms with van der Waals surface area (Å²) in [6.45, 7) is -0.0885. The molecule has 0 saturated carbocycles. The van der Waals surface area contributed by atoms with Gasteiger partial charge in [-0.2, -0.15) is 0 Å². The van der Waals surface area contributed by atoms with Crippen molar-refractivity contribution in [1.82, 2.24) is 0 Å². The van der Waals surface area contributed by atoms with Crippen molar-refractivity contribution < 1.29 is 14.3 Å². The van der Waals surface area contributed by atoms with Gasteiger partial charge in [0.2, 0.25) is 5.91 Å². The lowest BCUT2D eigenvalue weighted by Gasteiger charge is -2.03. The summed E-state index contributed by atoms with van der Waals surface area (Å²) in [4.78, 5) is 11.7. The Kier molecular flexibility index (Phi) is 4.63. The number of anilines is 1. The second kappa shape index (κ2) is 6.63. The predicted molar refractivity (Wildman–Crippen MR) is 76.4 cm³/mol. The molecule has 0 spiro atoms. The summed E-state index contributed by atoms with van der Waals surface area (Å²) >= 11 is 0. The third-order valence-electron chi connectivity index (χ3n) is 2.70. The van der Waals surface area contributed by atoms with Crippen LogP contribution in [0.3, 0.4) is 0 Å². The Hall–Kier alpha value is -2.46. The highest BCUT2D eigenvalue weighted by molar-refractivity contribution is 6.01. The van der Waals surface area contributed by atoms with Gasteiger partial charge >= 0.3 is 0 Å².